The largest absolute Gasteiger partial charge is 0.498 e. The average molecular weight is 476 g/mol. The van der Waals surface area contributed by atoms with Gasteiger partial charge >= 0.3 is 19.5 Å². The minimum Gasteiger partial charge on any atom is -0.497 e. The molecule has 1 unspecified atom stereocenters. The molecule has 0 aromatic heterocycles. The van der Waals surface area contributed by atoms with E-state index in [-0.39, 0.29) is 17.3 Å². The van der Waals surface area contributed by atoms with Crippen LogP contribution in [-0.2, 0) is 21.1 Å². The highest BCUT2D eigenvalue weighted by Gasteiger charge is 2.57. The molecule has 1 aliphatic rings. The number of ether oxygens (including phenoxy) is 1. The van der Waals surface area contributed by atoms with Crippen molar-refractivity contribution in [2.24, 2.45) is 0 Å². The monoisotopic (exact) mass is 476 g/mol. The fourth-order valence-corrected chi connectivity index (χ4v) is 3.52. The number of aliphatic hydroxyl groups is 1. The molecule has 180 valence electrons. The molecular formula is C22H23BF6O4. The van der Waals surface area contributed by atoms with E-state index in [0.29, 0.717) is 6.07 Å². The van der Waals surface area contributed by atoms with Gasteiger partial charge in [-0.25, -0.2) is 0 Å². The molecule has 2 aromatic rings. The van der Waals surface area contributed by atoms with Gasteiger partial charge in [0.2, 0.25) is 5.60 Å². The number of rotatable bonds is 4. The molecule has 1 heterocycles. The average Bonchev–Trinajstić information content (AvgIpc) is 2.92. The van der Waals surface area contributed by atoms with Crippen LogP contribution in [0.3, 0.4) is 0 Å². The van der Waals surface area contributed by atoms with E-state index >= 15 is 0 Å². The van der Waals surface area contributed by atoms with Crippen LogP contribution in [0.15, 0.2) is 42.5 Å². The van der Waals surface area contributed by atoms with Gasteiger partial charge in [-0.1, -0.05) is 24.3 Å². The third-order valence-electron chi connectivity index (χ3n) is 6.18. The zero-order chi connectivity index (χ0) is 25.0. The van der Waals surface area contributed by atoms with E-state index in [1.165, 1.54) is 13.2 Å². The summed E-state index contributed by atoms with van der Waals surface area (Å²) >= 11 is 0. The molecule has 1 aliphatic heterocycles. The highest BCUT2D eigenvalue weighted by Crippen LogP contribution is 2.46. The van der Waals surface area contributed by atoms with E-state index in [1.54, 1.807) is 27.7 Å². The lowest BCUT2D eigenvalue weighted by Crippen LogP contribution is -2.44. The predicted octanol–water partition coefficient (Wildman–Crippen LogP) is 4.81. The highest BCUT2D eigenvalue weighted by atomic mass is 19.4. The Hall–Kier alpha value is -2.24. The van der Waals surface area contributed by atoms with Gasteiger partial charge in [0, 0.05) is 11.0 Å². The summed E-state index contributed by atoms with van der Waals surface area (Å²) in [5.74, 6) is -0.0827. The van der Waals surface area contributed by atoms with Crippen LogP contribution < -0.4 is 10.2 Å². The van der Waals surface area contributed by atoms with Crippen molar-refractivity contribution in [1.29, 1.82) is 0 Å². The van der Waals surface area contributed by atoms with Crippen LogP contribution in [0.4, 0.5) is 26.3 Å². The van der Waals surface area contributed by atoms with Crippen molar-refractivity contribution in [1.82, 2.24) is 0 Å². The molecule has 1 N–H and O–H groups in total. The molecule has 1 atom stereocenters. The quantitative estimate of drug-likeness (QED) is 0.509. The van der Waals surface area contributed by atoms with Crippen LogP contribution in [0.5, 0.6) is 5.75 Å². The Labute approximate surface area is 187 Å². The van der Waals surface area contributed by atoms with Gasteiger partial charge < -0.3 is 19.2 Å². The first kappa shape index (κ1) is 25.4. The standard InChI is InChI=1S/C22H23BF6O4/c1-18(2)19(3,4)33-23(32-18)16-10-9-14(12-17(16)31-5)20(30,22(27,28)29)13-7-6-8-15(11-13)21(24,25)26/h6-12,30H,1-5H3. The molecule has 11 heteroatoms. The van der Waals surface area contributed by atoms with Crippen LogP contribution in [0.25, 0.3) is 0 Å². The molecule has 33 heavy (non-hydrogen) atoms. The van der Waals surface area contributed by atoms with Gasteiger partial charge in [-0.15, -0.1) is 0 Å². The van der Waals surface area contributed by atoms with Gasteiger partial charge in [0.05, 0.1) is 23.9 Å². The van der Waals surface area contributed by atoms with Crippen molar-refractivity contribution >= 4 is 12.6 Å². The Morgan fingerprint density at radius 1 is 0.818 bits per heavy atom. The summed E-state index contributed by atoms with van der Waals surface area (Å²) in [6, 6.07) is 5.64. The molecule has 4 nitrogen and oxygen atoms in total. The van der Waals surface area contributed by atoms with Crippen LogP contribution in [0.2, 0.25) is 0 Å². The normalized spacial score (nSPS) is 19.9. The molecular weight excluding hydrogens is 453 g/mol. The molecule has 0 amide bonds. The molecule has 3 rings (SSSR count). The van der Waals surface area contributed by atoms with Crippen molar-refractivity contribution in [2.45, 2.75) is 56.9 Å². The lowest BCUT2D eigenvalue weighted by Gasteiger charge is -2.32. The van der Waals surface area contributed by atoms with Crippen LogP contribution in [-0.4, -0.2) is 36.7 Å². The van der Waals surface area contributed by atoms with E-state index in [9.17, 15) is 31.4 Å². The summed E-state index contributed by atoms with van der Waals surface area (Å²) in [6.45, 7) is 7.18. The van der Waals surface area contributed by atoms with Crippen LogP contribution >= 0.6 is 0 Å². The number of alkyl halides is 6. The summed E-state index contributed by atoms with van der Waals surface area (Å²) in [7, 11) is 0.247. The number of benzene rings is 2. The Morgan fingerprint density at radius 3 is 1.82 bits per heavy atom. The predicted molar refractivity (Wildman–Crippen MR) is 109 cm³/mol. The first-order valence-electron chi connectivity index (χ1n) is 9.95. The lowest BCUT2D eigenvalue weighted by atomic mass is 9.76. The number of hydrogen-bond acceptors (Lipinski definition) is 4. The van der Waals surface area contributed by atoms with E-state index in [2.05, 4.69) is 0 Å². The Bertz CT molecular complexity index is 1020. The second-order valence-corrected chi connectivity index (χ2v) is 8.83. The minimum absolute atomic E-state index is 0.0827. The van der Waals surface area contributed by atoms with Gasteiger partial charge in [-0.2, -0.15) is 26.3 Å². The molecule has 1 saturated heterocycles. The van der Waals surface area contributed by atoms with Crippen molar-refractivity contribution < 1.29 is 45.5 Å². The van der Waals surface area contributed by atoms with Crippen LogP contribution in [0, 0.1) is 0 Å². The van der Waals surface area contributed by atoms with Gasteiger partial charge in [-0.05, 0) is 51.5 Å². The molecule has 1 fully saturated rings. The zero-order valence-corrected chi connectivity index (χ0v) is 18.6. The molecule has 0 saturated carbocycles. The maximum atomic E-state index is 14.1. The van der Waals surface area contributed by atoms with Gasteiger partial charge in [-0.3, -0.25) is 0 Å². The zero-order valence-electron chi connectivity index (χ0n) is 18.6. The number of methoxy groups -OCH3 is 1. The van der Waals surface area contributed by atoms with E-state index in [0.717, 1.165) is 24.3 Å². The van der Waals surface area contributed by atoms with Crippen molar-refractivity contribution in [3.63, 3.8) is 0 Å². The van der Waals surface area contributed by atoms with E-state index in [1.807, 2.05) is 0 Å². The molecule has 0 spiro atoms. The maximum Gasteiger partial charge on any atom is 0.498 e. The highest BCUT2D eigenvalue weighted by molar-refractivity contribution is 6.63. The summed E-state index contributed by atoms with van der Waals surface area (Å²) in [5, 5.41) is 10.8. The third-order valence-corrected chi connectivity index (χ3v) is 6.18. The third kappa shape index (κ3) is 4.33. The fraction of sp³-hybridized carbons (Fsp3) is 0.455. The Morgan fingerprint density at radius 2 is 1.33 bits per heavy atom. The maximum absolute atomic E-state index is 14.1. The molecule has 2 aromatic carbocycles. The van der Waals surface area contributed by atoms with E-state index in [4.69, 9.17) is 14.0 Å². The first-order chi connectivity index (χ1) is 14.9. The first-order valence-corrected chi connectivity index (χ1v) is 9.95. The fourth-order valence-electron chi connectivity index (χ4n) is 3.52. The Kier molecular flexibility index (Phi) is 6.09. The summed E-state index contributed by atoms with van der Waals surface area (Å²) in [6.07, 6.45) is -10.2. The van der Waals surface area contributed by atoms with Crippen LogP contribution in [0.1, 0.15) is 44.4 Å². The number of halogens is 6. The van der Waals surface area contributed by atoms with Crippen molar-refractivity contribution in [3.8, 4) is 5.75 Å². The van der Waals surface area contributed by atoms with Gasteiger partial charge in [0.25, 0.3) is 0 Å². The molecule has 0 aliphatic carbocycles. The van der Waals surface area contributed by atoms with Gasteiger partial charge in [0.1, 0.15) is 5.75 Å². The summed E-state index contributed by atoms with van der Waals surface area (Å²) in [5.41, 5.74) is -7.92. The molecule has 0 radical (unpaired) electrons. The topological polar surface area (TPSA) is 47.9 Å². The lowest BCUT2D eigenvalue weighted by molar-refractivity contribution is -0.248. The van der Waals surface area contributed by atoms with E-state index < -0.39 is 53.0 Å². The Balaban J connectivity index is 2.13. The molecule has 0 bridgehead atoms. The van der Waals surface area contributed by atoms with Gasteiger partial charge in [0.15, 0.2) is 0 Å². The van der Waals surface area contributed by atoms with Crippen molar-refractivity contribution in [2.75, 3.05) is 7.11 Å². The minimum atomic E-state index is -5.34. The summed E-state index contributed by atoms with van der Waals surface area (Å²) in [4.78, 5) is 0. The second-order valence-electron chi connectivity index (χ2n) is 8.83. The smallest absolute Gasteiger partial charge is 0.497 e. The second kappa shape index (κ2) is 7.92. The summed E-state index contributed by atoms with van der Waals surface area (Å²) < 4.78 is 98.8. The van der Waals surface area contributed by atoms with Crippen molar-refractivity contribution in [3.05, 3.63) is 59.2 Å². The SMILES string of the molecule is COc1cc(C(O)(c2cccc(C(F)(F)F)c2)C(F)(F)F)ccc1B1OC(C)(C)C(C)(C)O1. The number of hydrogen-bond donors (Lipinski definition) is 1.